The molecular formula is C12H16N4O. The summed E-state index contributed by atoms with van der Waals surface area (Å²) in [7, 11) is 0. The van der Waals surface area contributed by atoms with Gasteiger partial charge in [0.2, 0.25) is 5.82 Å². The van der Waals surface area contributed by atoms with E-state index in [1.54, 1.807) is 0 Å². The quantitative estimate of drug-likeness (QED) is 0.595. The second kappa shape index (κ2) is 3.76. The Morgan fingerprint density at radius 1 is 1.29 bits per heavy atom. The van der Waals surface area contributed by atoms with Gasteiger partial charge in [-0.1, -0.05) is 9.78 Å². The molecule has 2 N–H and O–H groups in total. The third-order valence-electron chi connectivity index (χ3n) is 2.93. The summed E-state index contributed by atoms with van der Waals surface area (Å²) in [5.74, 6) is 0.975. The maximum absolute atomic E-state index is 11.9. The van der Waals surface area contributed by atoms with Crippen molar-refractivity contribution in [2.24, 2.45) is 0 Å². The smallest absolute Gasteiger partial charge is 0.314 e. The van der Waals surface area contributed by atoms with Gasteiger partial charge in [-0.05, 0) is 39.3 Å². The van der Waals surface area contributed by atoms with Gasteiger partial charge in [-0.2, -0.15) is 0 Å². The second-order valence-electron chi connectivity index (χ2n) is 4.36. The summed E-state index contributed by atoms with van der Waals surface area (Å²) in [6.45, 7) is 7.53. The van der Waals surface area contributed by atoms with Crippen LogP contribution in [0, 0.1) is 32.9 Å². The van der Waals surface area contributed by atoms with E-state index in [4.69, 9.17) is 5.73 Å². The Kier molecular flexibility index (Phi) is 2.53. The predicted molar refractivity (Wildman–Crippen MR) is 65.9 cm³/mol. The number of nitrogens with zero attached hydrogens (tertiary/aromatic N) is 3. The predicted octanol–water partition coefficient (Wildman–Crippen LogP) is 1.32. The number of aryl methyl sites for hydroxylation is 3. The molecule has 2 heterocycles. The van der Waals surface area contributed by atoms with Gasteiger partial charge in [0.05, 0.1) is 11.9 Å². The molecule has 0 aromatic carbocycles. The maximum Gasteiger partial charge on any atom is 0.314 e. The van der Waals surface area contributed by atoms with Crippen molar-refractivity contribution in [3.8, 4) is 5.82 Å². The molecule has 0 saturated carbocycles. The number of nitrogen functional groups attached to an aromatic ring is 1. The average molecular weight is 232 g/mol. The van der Waals surface area contributed by atoms with Crippen molar-refractivity contribution in [2.45, 2.75) is 27.7 Å². The van der Waals surface area contributed by atoms with Gasteiger partial charge < -0.3 is 10.9 Å². The first-order valence-corrected chi connectivity index (χ1v) is 5.44. The lowest BCUT2D eigenvalue weighted by Crippen LogP contribution is -2.34. The van der Waals surface area contributed by atoms with Crippen molar-refractivity contribution in [3.05, 3.63) is 39.9 Å². The first-order valence-electron chi connectivity index (χ1n) is 5.44. The van der Waals surface area contributed by atoms with Gasteiger partial charge in [-0.25, -0.2) is 4.73 Å². The summed E-state index contributed by atoms with van der Waals surface area (Å²) >= 11 is 0. The molecular weight excluding hydrogens is 216 g/mol. The van der Waals surface area contributed by atoms with Crippen LogP contribution in [0.5, 0.6) is 0 Å². The van der Waals surface area contributed by atoms with E-state index < -0.39 is 0 Å². The van der Waals surface area contributed by atoms with E-state index >= 15 is 0 Å². The zero-order valence-corrected chi connectivity index (χ0v) is 10.5. The molecule has 5 nitrogen and oxygen atoms in total. The van der Waals surface area contributed by atoms with Crippen LogP contribution in [0.2, 0.25) is 0 Å². The molecule has 0 saturated heterocycles. The lowest BCUT2D eigenvalue weighted by Gasteiger charge is -2.10. The van der Waals surface area contributed by atoms with Crippen LogP contribution < -0.4 is 10.5 Å². The van der Waals surface area contributed by atoms with E-state index in [1.165, 1.54) is 10.9 Å². The van der Waals surface area contributed by atoms with Crippen molar-refractivity contribution < 1.29 is 4.73 Å². The van der Waals surface area contributed by atoms with Gasteiger partial charge in [-0.15, -0.1) is 0 Å². The highest BCUT2D eigenvalue weighted by Gasteiger charge is 2.21. The molecule has 0 aliphatic rings. The summed E-state index contributed by atoms with van der Waals surface area (Å²) in [5, 5.41) is 16.2. The minimum Gasteiger partial charge on any atom is -0.711 e. The van der Waals surface area contributed by atoms with Crippen LogP contribution in [0.4, 0.5) is 5.82 Å². The molecule has 0 spiro atoms. The fraction of sp³-hybridized carbons (Fsp3) is 0.333. The lowest BCUT2D eigenvalue weighted by atomic mass is 10.2. The molecule has 17 heavy (non-hydrogen) atoms. The highest BCUT2D eigenvalue weighted by molar-refractivity contribution is 5.47. The van der Waals surface area contributed by atoms with Crippen molar-refractivity contribution in [1.82, 2.24) is 9.78 Å². The van der Waals surface area contributed by atoms with Gasteiger partial charge in [0.15, 0.2) is 0 Å². The van der Waals surface area contributed by atoms with E-state index in [-0.39, 0.29) is 0 Å². The molecule has 0 fully saturated rings. The van der Waals surface area contributed by atoms with E-state index in [1.807, 2.05) is 33.8 Å². The topological polar surface area (TPSA) is 70.8 Å². The highest BCUT2D eigenvalue weighted by Crippen LogP contribution is 2.19. The minimum atomic E-state index is 0.462. The van der Waals surface area contributed by atoms with E-state index in [2.05, 4.69) is 5.10 Å². The van der Waals surface area contributed by atoms with E-state index in [9.17, 15) is 5.21 Å². The van der Waals surface area contributed by atoms with Crippen molar-refractivity contribution in [1.29, 1.82) is 0 Å². The number of rotatable bonds is 1. The largest absolute Gasteiger partial charge is 0.711 e. The molecule has 0 unspecified atom stereocenters. The van der Waals surface area contributed by atoms with Gasteiger partial charge in [-0.3, -0.25) is 0 Å². The summed E-state index contributed by atoms with van der Waals surface area (Å²) in [5.41, 5.74) is 9.48. The summed E-state index contributed by atoms with van der Waals surface area (Å²) < 4.78 is 2.32. The lowest BCUT2D eigenvalue weighted by molar-refractivity contribution is -0.600. The Morgan fingerprint density at radius 2 is 1.94 bits per heavy atom. The number of pyridine rings is 1. The maximum atomic E-state index is 11.9. The molecule has 0 radical (unpaired) electrons. The zero-order valence-electron chi connectivity index (χ0n) is 10.5. The Bertz CT molecular complexity index is 563. The monoisotopic (exact) mass is 232 g/mol. The third kappa shape index (κ3) is 1.73. The fourth-order valence-corrected chi connectivity index (χ4v) is 1.91. The minimum absolute atomic E-state index is 0.462. The van der Waals surface area contributed by atoms with Crippen LogP contribution in [-0.2, 0) is 0 Å². The van der Waals surface area contributed by atoms with E-state index in [0.29, 0.717) is 11.6 Å². The van der Waals surface area contributed by atoms with Crippen molar-refractivity contribution in [3.63, 3.8) is 0 Å². The normalized spacial score (nSPS) is 10.8. The highest BCUT2D eigenvalue weighted by atomic mass is 16.5. The van der Waals surface area contributed by atoms with Crippen molar-refractivity contribution >= 4 is 5.82 Å². The molecule has 2 rings (SSSR count). The van der Waals surface area contributed by atoms with E-state index in [0.717, 1.165) is 27.1 Å². The molecule has 2 aromatic rings. The van der Waals surface area contributed by atoms with Crippen LogP contribution in [0.1, 0.15) is 22.4 Å². The number of anilines is 1. The molecule has 5 heteroatoms. The number of hydrogen-bond acceptors (Lipinski definition) is 3. The first kappa shape index (κ1) is 11.4. The molecule has 0 bridgehead atoms. The number of hydrogen-bond donors (Lipinski definition) is 1. The molecule has 0 amide bonds. The van der Waals surface area contributed by atoms with Gasteiger partial charge >= 0.3 is 5.82 Å². The molecule has 90 valence electrons. The van der Waals surface area contributed by atoms with Crippen LogP contribution >= 0.6 is 0 Å². The van der Waals surface area contributed by atoms with Crippen LogP contribution in [0.15, 0.2) is 12.3 Å². The number of nitrogens with two attached hydrogens (primary N) is 1. The van der Waals surface area contributed by atoms with Crippen LogP contribution in [-0.4, -0.2) is 9.78 Å². The van der Waals surface area contributed by atoms with Crippen LogP contribution in [0.3, 0.4) is 0 Å². The van der Waals surface area contributed by atoms with Gasteiger partial charge in [0.25, 0.3) is 0 Å². The second-order valence-corrected chi connectivity index (χ2v) is 4.36. The molecule has 0 atom stereocenters. The summed E-state index contributed by atoms with van der Waals surface area (Å²) in [6, 6.07) is 1.94. The Balaban J connectivity index is 2.73. The molecule has 0 aliphatic carbocycles. The van der Waals surface area contributed by atoms with Gasteiger partial charge in [0.1, 0.15) is 0 Å². The Hall–Kier alpha value is -2.04. The van der Waals surface area contributed by atoms with Crippen LogP contribution in [0.25, 0.3) is 5.82 Å². The first-order chi connectivity index (χ1) is 7.91. The summed E-state index contributed by atoms with van der Waals surface area (Å²) in [4.78, 5) is 0. The zero-order chi connectivity index (χ0) is 12.7. The molecule has 2 aromatic heterocycles. The summed E-state index contributed by atoms with van der Waals surface area (Å²) in [6.07, 6.45) is 1.52. The SMILES string of the molecule is Cc1cc(C)c(-n2nc(C)c(C)c2N)[n+]([O-])c1. The number of aromatic nitrogens is 3. The Labute approximate surface area is 100 Å². The fourth-order valence-electron chi connectivity index (χ4n) is 1.91. The Morgan fingerprint density at radius 3 is 2.41 bits per heavy atom. The van der Waals surface area contributed by atoms with Crippen molar-refractivity contribution in [2.75, 3.05) is 5.73 Å². The van der Waals surface area contributed by atoms with Gasteiger partial charge in [0, 0.05) is 11.1 Å². The third-order valence-corrected chi connectivity index (χ3v) is 2.93. The molecule has 0 aliphatic heterocycles. The average Bonchev–Trinajstić information content (AvgIpc) is 2.45. The standard InChI is InChI=1S/C12H16N4O/c1-7-5-8(2)12(15(17)6-7)16-11(13)9(3)10(4)14-16/h5-6H,13H2,1-4H3.